The van der Waals surface area contributed by atoms with Crippen LogP contribution in [0.25, 0.3) is 11.1 Å². The molecule has 0 saturated heterocycles. The number of likely N-dealkylation sites (N-methyl/N-ethyl adjacent to an activating group) is 1. The monoisotopic (exact) mass is 1190 g/mol. The van der Waals surface area contributed by atoms with Crippen LogP contribution in [0.1, 0.15) is 84.8 Å². The lowest BCUT2D eigenvalue weighted by molar-refractivity contribution is -0.146. The van der Waals surface area contributed by atoms with Crippen molar-refractivity contribution in [2.45, 2.75) is 81.2 Å². The van der Waals surface area contributed by atoms with Crippen LogP contribution in [0.5, 0.6) is 46.0 Å². The Morgan fingerprint density at radius 2 is 1.25 bits per heavy atom. The van der Waals surface area contributed by atoms with Crippen molar-refractivity contribution in [2.75, 3.05) is 42.6 Å². The van der Waals surface area contributed by atoms with Crippen LogP contribution in [0.2, 0.25) is 10.0 Å². The number of hydrogen-bond acceptors (Lipinski definition) is 18. The van der Waals surface area contributed by atoms with Gasteiger partial charge in [0.05, 0.1) is 64.1 Å². The Kier molecular flexibility index (Phi) is 19.1. The van der Waals surface area contributed by atoms with Crippen LogP contribution in [-0.2, 0) is 38.3 Å². The molecule has 6 amide bonds. The average molecular weight is 1200 g/mol. The van der Waals surface area contributed by atoms with Gasteiger partial charge in [0.2, 0.25) is 41.2 Å². The van der Waals surface area contributed by atoms with Crippen LogP contribution in [0.3, 0.4) is 0 Å². The number of hydrogen-bond donors (Lipinski definition) is 9. The Hall–Kier alpha value is -8.86. The standard InChI is InChI=1S/C58H60Cl2N8O16/c1-25(2)17-36(62-3)53(72)67-47-49(69)27-10-13-38(33(59)19-27)83-41-21-29-22-42(51(41)81-7)84-39-14-11-28(20-34(39)60)50(70)48-57(76)66-46(58(77)82-8)32-23-30(78-4)24-40(80-6)43(32)31-18-26(9-12-37(31)79-5)44(54(73)68-48)65-55(74)45(29)64-52(71)35(15-16-61)63-56(47)75/h9-14,18-25,35-36,44-50,62,69-70H,15,17H2,1-8H3,(H,63,75)(H,64,71)(H,65,74)(H,66,76)(H,67,72)(H,68,73)/t35?,36-,44?,45?,46?,47?,48?,49-,50?/m1/s1. The molecule has 0 saturated carbocycles. The predicted octanol–water partition coefficient (Wildman–Crippen LogP) is 4.73. The Morgan fingerprint density at radius 3 is 1.81 bits per heavy atom. The van der Waals surface area contributed by atoms with Gasteiger partial charge in [0.25, 0.3) is 0 Å². The summed E-state index contributed by atoms with van der Waals surface area (Å²) in [5.74, 6) is -7.82. The van der Waals surface area contributed by atoms with Gasteiger partial charge in [-0.2, -0.15) is 5.26 Å². The summed E-state index contributed by atoms with van der Waals surface area (Å²) in [6.07, 6.45) is -4.24. The molecule has 9 N–H and O–H groups in total. The van der Waals surface area contributed by atoms with Crippen molar-refractivity contribution < 1.29 is 76.9 Å². The Labute approximate surface area is 491 Å². The van der Waals surface area contributed by atoms with Crippen molar-refractivity contribution in [2.24, 2.45) is 5.92 Å². The number of aliphatic hydroxyl groups excluding tert-OH is 2. The highest BCUT2D eigenvalue weighted by Crippen LogP contribution is 2.48. The molecule has 84 heavy (non-hydrogen) atoms. The highest BCUT2D eigenvalue weighted by molar-refractivity contribution is 6.32. The Balaban J connectivity index is 1.39. The summed E-state index contributed by atoms with van der Waals surface area (Å²) in [6, 6.07) is 7.50. The number of benzene rings is 5. The third kappa shape index (κ3) is 12.7. The van der Waals surface area contributed by atoms with Gasteiger partial charge >= 0.3 is 5.97 Å². The molecule has 11 bridgehead atoms. The second kappa shape index (κ2) is 26.2. The summed E-state index contributed by atoms with van der Waals surface area (Å²) in [6.45, 7) is 3.76. The van der Waals surface area contributed by atoms with Gasteiger partial charge in [0, 0.05) is 22.8 Å². The molecule has 7 unspecified atom stereocenters. The number of carbonyl (C=O) groups excluding carboxylic acids is 7. The van der Waals surface area contributed by atoms with E-state index in [1.807, 2.05) is 19.9 Å². The number of nitrogens with zero attached hydrogens (tertiary/aromatic N) is 1. The van der Waals surface area contributed by atoms with E-state index in [2.05, 4.69) is 37.2 Å². The number of amides is 6. The van der Waals surface area contributed by atoms with Crippen molar-refractivity contribution in [1.82, 2.24) is 37.2 Å². The zero-order valence-corrected chi connectivity index (χ0v) is 48.0. The molecule has 5 aromatic rings. The molecule has 0 spiro atoms. The fourth-order valence-corrected chi connectivity index (χ4v) is 10.4. The lowest BCUT2D eigenvalue weighted by Gasteiger charge is -2.31. The van der Waals surface area contributed by atoms with Gasteiger partial charge in [-0.3, -0.25) is 28.8 Å². The molecule has 24 nitrogen and oxygen atoms in total. The number of carbonyl (C=O) groups is 7. The lowest BCUT2D eigenvalue weighted by Crippen LogP contribution is -2.58. The minimum Gasteiger partial charge on any atom is -0.497 e. The first kappa shape index (κ1) is 61.2. The van der Waals surface area contributed by atoms with Gasteiger partial charge in [-0.05, 0) is 96.2 Å². The van der Waals surface area contributed by atoms with Crippen molar-refractivity contribution in [1.29, 1.82) is 5.26 Å². The number of halogens is 2. The number of nitriles is 1. The van der Waals surface area contributed by atoms with Crippen LogP contribution in [0.4, 0.5) is 0 Å². The number of ether oxygens (including phenoxy) is 7. The second-order valence-corrected chi connectivity index (χ2v) is 20.8. The first-order valence-corrected chi connectivity index (χ1v) is 26.8. The Morgan fingerprint density at radius 1 is 0.655 bits per heavy atom. The molecule has 9 atom stereocenters. The van der Waals surface area contributed by atoms with E-state index >= 15 is 9.59 Å². The number of esters is 1. The molecule has 10 rings (SSSR count). The first-order chi connectivity index (χ1) is 40.2. The summed E-state index contributed by atoms with van der Waals surface area (Å²) in [7, 11) is 7.94. The molecular weight excluding hydrogens is 1140 g/mol. The largest absolute Gasteiger partial charge is 0.497 e. The summed E-state index contributed by atoms with van der Waals surface area (Å²) in [4.78, 5) is 103. The van der Waals surface area contributed by atoms with Crippen molar-refractivity contribution >= 4 is 64.6 Å². The fourth-order valence-electron chi connectivity index (χ4n) is 9.95. The molecule has 0 fully saturated rings. The highest BCUT2D eigenvalue weighted by atomic mass is 35.5. The molecule has 0 radical (unpaired) electrons. The van der Waals surface area contributed by atoms with Crippen molar-refractivity contribution in [3.63, 3.8) is 0 Å². The third-order valence-electron chi connectivity index (χ3n) is 14.2. The topological polar surface area (TPSA) is 333 Å². The van der Waals surface area contributed by atoms with E-state index in [0.29, 0.717) is 6.42 Å². The predicted molar refractivity (Wildman–Crippen MR) is 300 cm³/mol. The van der Waals surface area contributed by atoms with Gasteiger partial charge in [-0.1, -0.05) is 55.2 Å². The van der Waals surface area contributed by atoms with Gasteiger partial charge in [-0.15, -0.1) is 0 Å². The second-order valence-electron chi connectivity index (χ2n) is 20.0. The van der Waals surface area contributed by atoms with Gasteiger partial charge in [0.1, 0.15) is 71.2 Å². The van der Waals surface area contributed by atoms with E-state index < -0.39 is 102 Å². The molecule has 0 aromatic heterocycles. The molecule has 5 heterocycles. The molecular formula is C58H60Cl2N8O16. The summed E-state index contributed by atoms with van der Waals surface area (Å²) < 4.78 is 41.2. The smallest absolute Gasteiger partial charge is 0.333 e. The first-order valence-electron chi connectivity index (χ1n) is 26.1. The summed E-state index contributed by atoms with van der Waals surface area (Å²) >= 11 is 13.8. The van der Waals surface area contributed by atoms with E-state index in [9.17, 15) is 39.4 Å². The summed E-state index contributed by atoms with van der Waals surface area (Å²) in [5.41, 5.74) is 0.0867. The van der Waals surface area contributed by atoms with E-state index in [-0.39, 0.29) is 101 Å². The van der Waals surface area contributed by atoms with Gasteiger partial charge < -0.3 is 80.6 Å². The van der Waals surface area contributed by atoms with Crippen LogP contribution in [-0.4, -0.2) is 118 Å². The van der Waals surface area contributed by atoms with Crippen LogP contribution < -0.4 is 65.6 Å². The molecule has 5 aliphatic heterocycles. The maximum atomic E-state index is 15.7. The van der Waals surface area contributed by atoms with Crippen LogP contribution in [0.15, 0.2) is 78.9 Å². The molecule has 0 aliphatic carbocycles. The molecule has 442 valence electrons. The minimum absolute atomic E-state index is 0.00824. The fraction of sp³-hybridized carbons (Fsp3) is 0.345. The van der Waals surface area contributed by atoms with E-state index in [1.165, 1.54) is 107 Å². The van der Waals surface area contributed by atoms with E-state index in [0.717, 1.165) is 7.11 Å². The van der Waals surface area contributed by atoms with Crippen molar-refractivity contribution in [3.8, 4) is 63.2 Å². The third-order valence-corrected chi connectivity index (χ3v) is 14.8. The number of aliphatic hydroxyl groups is 2. The van der Waals surface area contributed by atoms with Gasteiger partial charge in [0.15, 0.2) is 17.5 Å². The molecule has 5 aromatic carbocycles. The van der Waals surface area contributed by atoms with Crippen LogP contribution in [0, 0.1) is 17.2 Å². The molecule has 5 aliphatic rings. The van der Waals surface area contributed by atoms with Crippen LogP contribution >= 0.6 is 23.2 Å². The molecule has 26 heteroatoms. The summed E-state index contributed by atoms with van der Waals surface area (Å²) in [5, 5.41) is 52.5. The van der Waals surface area contributed by atoms with E-state index in [1.54, 1.807) is 7.05 Å². The van der Waals surface area contributed by atoms with Crippen molar-refractivity contribution in [3.05, 3.63) is 117 Å². The zero-order chi connectivity index (χ0) is 60.8. The average Bonchev–Trinajstić information content (AvgIpc) is 2.19. The number of rotatable bonds is 11. The number of nitrogens with one attached hydrogen (secondary N) is 7. The lowest BCUT2D eigenvalue weighted by atomic mass is 9.89. The van der Waals surface area contributed by atoms with Gasteiger partial charge in [-0.25, -0.2) is 4.79 Å². The number of methoxy groups -OCH3 is 5. The quantitative estimate of drug-likeness (QED) is 0.0807. The normalized spacial score (nSPS) is 21.7. The number of fused-ring (bicyclic) bond motifs is 15. The SMILES string of the molecule is CN[C@H](CC(C)C)C(=O)NC1C(=O)NC(CC#N)C(=O)NC2C(=O)NC3C(=O)NC(C(=O)NC(C(=O)OC)c4cc(OC)cc(OC)c4-c4cc3ccc4OC)C(O)c3ccc(c(Cl)c3)Oc3cc2cc(c3OC)Oc2ccc(cc2Cl)[C@H]1O. The van der Waals surface area contributed by atoms with E-state index in [4.69, 9.17) is 56.4 Å². The Bertz CT molecular complexity index is 3470. The maximum absolute atomic E-state index is 15.7. The zero-order valence-electron chi connectivity index (χ0n) is 46.5. The maximum Gasteiger partial charge on any atom is 0.333 e. The minimum atomic E-state index is -2.01. The highest BCUT2D eigenvalue weighted by Gasteiger charge is 2.42.